The van der Waals surface area contributed by atoms with E-state index in [-0.39, 0.29) is 6.54 Å². The van der Waals surface area contributed by atoms with Crippen LogP contribution in [0.25, 0.3) is 0 Å². The second kappa shape index (κ2) is 8.80. The molecule has 2 unspecified atom stereocenters. The molecule has 0 radical (unpaired) electrons. The number of ether oxygens (including phenoxy) is 4. The van der Waals surface area contributed by atoms with E-state index in [1.807, 2.05) is 24.3 Å². The van der Waals surface area contributed by atoms with Gasteiger partial charge in [-0.25, -0.2) is 4.79 Å². The van der Waals surface area contributed by atoms with Crippen LogP contribution in [-0.4, -0.2) is 37.4 Å². The summed E-state index contributed by atoms with van der Waals surface area (Å²) in [6.07, 6.45) is -1.56. The third kappa shape index (κ3) is 3.83. The highest BCUT2D eigenvalue weighted by atomic mass is 16.6. The highest BCUT2D eigenvalue weighted by Crippen LogP contribution is 2.47. The topological polar surface area (TPSA) is 77.5 Å². The summed E-state index contributed by atoms with van der Waals surface area (Å²) in [6, 6.07) is 21.4. The maximum Gasteiger partial charge on any atom is 0.413 e. The molecule has 32 heavy (non-hydrogen) atoms. The lowest BCUT2D eigenvalue weighted by Gasteiger charge is -2.35. The fourth-order valence-corrected chi connectivity index (χ4v) is 3.89. The van der Waals surface area contributed by atoms with E-state index in [0.717, 1.165) is 5.56 Å². The first-order chi connectivity index (χ1) is 15.5. The minimum Gasteiger partial charge on any atom is -0.497 e. The Kier molecular flexibility index (Phi) is 5.92. The lowest BCUT2D eigenvalue weighted by Crippen LogP contribution is -2.45. The number of carbonyl (C=O) groups excluding carboxylic acids is 1. The first kappa shape index (κ1) is 21.5. The molecule has 0 aromatic heterocycles. The molecule has 1 heterocycles. The van der Waals surface area contributed by atoms with Crippen LogP contribution < -0.4 is 14.2 Å². The van der Waals surface area contributed by atoms with Gasteiger partial charge in [0.2, 0.25) is 5.72 Å². The van der Waals surface area contributed by atoms with Gasteiger partial charge in [0.1, 0.15) is 17.2 Å². The Morgan fingerprint density at radius 1 is 0.875 bits per heavy atom. The van der Waals surface area contributed by atoms with Gasteiger partial charge in [0, 0.05) is 5.56 Å². The molecular formula is C25H25NO6. The zero-order valence-corrected chi connectivity index (χ0v) is 18.1. The number of amides is 1. The molecule has 166 valence electrons. The molecule has 2 atom stereocenters. The van der Waals surface area contributed by atoms with Crippen molar-refractivity contribution in [2.45, 2.75) is 18.4 Å². The summed E-state index contributed by atoms with van der Waals surface area (Å²) in [7, 11) is 4.73. The van der Waals surface area contributed by atoms with Crippen LogP contribution in [0.4, 0.5) is 4.79 Å². The Morgan fingerprint density at radius 2 is 1.47 bits per heavy atom. The van der Waals surface area contributed by atoms with Gasteiger partial charge in [-0.05, 0) is 47.5 Å². The van der Waals surface area contributed by atoms with Crippen molar-refractivity contribution in [2.24, 2.45) is 0 Å². The largest absolute Gasteiger partial charge is 0.497 e. The molecule has 3 aromatic carbocycles. The summed E-state index contributed by atoms with van der Waals surface area (Å²) in [5.41, 5.74) is 0.197. The van der Waals surface area contributed by atoms with Crippen LogP contribution in [-0.2, 0) is 17.0 Å². The predicted octanol–water partition coefficient (Wildman–Crippen LogP) is 4.25. The Hall–Kier alpha value is -3.71. The molecule has 1 N–H and O–H groups in total. The molecule has 0 aliphatic carbocycles. The molecule has 0 spiro atoms. The van der Waals surface area contributed by atoms with Gasteiger partial charge >= 0.3 is 6.09 Å². The number of nitrogens with zero attached hydrogens (tertiary/aromatic N) is 1. The third-order valence-corrected chi connectivity index (χ3v) is 5.62. The van der Waals surface area contributed by atoms with Crippen LogP contribution in [0.3, 0.4) is 0 Å². The zero-order chi connectivity index (χ0) is 22.7. The monoisotopic (exact) mass is 435 g/mol. The maximum absolute atomic E-state index is 13.0. The third-order valence-electron chi connectivity index (χ3n) is 5.62. The van der Waals surface area contributed by atoms with Crippen LogP contribution in [0.15, 0.2) is 72.8 Å². The minimum atomic E-state index is -1.75. The first-order valence-corrected chi connectivity index (χ1v) is 10.1. The lowest BCUT2D eigenvalue weighted by molar-refractivity contribution is -0.113. The van der Waals surface area contributed by atoms with Crippen LogP contribution in [0.2, 0.25) is 0 Å². The van der Waals surface area contributed by atoms with Gasteiger partial charge in [-0.1, -0.05) is 36.4 Å². The molecule has 1 saturated heterocycles. The molecule has 7 nitrogen and oxygen atoms in total. The van der Waals surface area contributed by atoms with Gasteiger partial charge < -0.3 is 24.1 Å². The normalized spacial score (nSPS) is 20.1. The van der Waals surface area contributed by atoms with E-state index in [1.54, 1.807) is 69.9 Å². The zero-order valence-electron chi connectivity index (χ0n) is 18.1. The second-order valence-electron chi connectivity index (χ2n) is 7.43. The molecule has 0 bridgehead atoms. The second-order valence-corrected chi connectivity index (χ2v) is 7.43. The Labute approximate surface area is 186 Å². The maximum atomic E-state index is 13.0. The van der Waals surface area contributed by atoms with Crippen LogP contribution in [0.5, 0.6) is 17.2 Å². The molecule has 7 heteroatoms. The predicted molar refractivity (Wildman–Crippen MR) is 118 cm³/mol. The average molecular weight is 435 g/mol. The Bertz CT molecular complexity index is 1080. The van der Waals surface area contributed by atoms with Gasteiger partial charge in [-0.2, -0.15) is 0 Å². The first-order valence-electron chi connectivity index (χ1n) is 10.1. The summed E-state index contributed by atoms with van der Waals surface area (Å²) in [5.74, 6) is 1.97. The fraction of sp³-hybridized carbons (Fsp3) is 0.240. The van der Waals surface area contributed by atoms with E-state index in [9.17, 15) is 9.90 Å². The number of aliphatic hydroxyl groups is 1. The van der Waals surface area contributed by atoms with Crippen molar-refractivity contribution < 1.29 is 28.8 Å². The van der Waals surface area contributed by atoms with E-state index in [0.29, 0.717) is 28.4 Å². The van der Waals surface area contributed by atoms with Gasteiger partial charge in [-0.15, -0.1) is 0 Å². The van der Waals surface area contributed by atoms with Crippen molar-refractivity contribution in [2.75, 3.05) is 21.3 Å². The van der Waals surface area contributed by atoms with E-state index < -0.39 is 17.9 Å². The van der Waals surface area contributed by atoms with Crippen molar-refractivity contribution in [3.05, 3.63) is 89.5 Å². The van der Waals surface area contributed by atoms with Crippen molar-refractivity contribution in [3.63, 3.8) is 0 Å². The van der Waals surface area contributed by atoms with Crippen LogP contribution in [0.1, 0.15) is 22.8 Å². The van der Waals surface area contributed by atoms with E-state index >= 15 is 0 Å². The highest BCUT2D eigenvalue weighted by Gasteiger charge is 2.56. The summed E-state index contributed by atoms with van der Waals surface area (Å²) in [5, 5.41) is 12.1. The molecule has 1 amide bonds. The highest BCUT2D eigenvalue weighted by molar-refractivity contribution is 5.72. The summed E-state index contributed by atoms with van der Waals surface area (Å²) >= 11 is 0. The van der Waals surface area contributed by atoms with Crippen LogP contribution in [0, 0.1) is 0 Å². The number of hydrogen-bond donors (Lipinski definition) is 1. The standard InChI is InChI=1S/C25H25NO6/c1-29-20-11-7-18(8-12-20)23-25(28,19-9-13-21(30-2)14-10-19)26(24(27)32-23)16-17-5-4-6-22(15-17)31-3/h4-15,23,28H,16H2,1-3H3. The molecular weight excluding hydrogens is 410 g/mol. The van der Waals surface area contributed by atoms with Crippen molar-refractivity contribution in [1.29, 1.82) is 0 Å². The van der Waals surface area contributed by atoms with E-state index in [4.69, 9.17) is 18.9 Å². The molecule has 4 rings (SSSR count). The number of cyclic esters (lactones) is 1. The Balaban J connectivity index is 1.78. The SMILES string of the molecule is COc1ccc(C2OC(=O)N(Cc3cccc(OC)c3)C2(O)c2ccc(OC)cc2)cc1. The smallest absolute Gasteiger partial charge is 0.413 e. The van der Waals surface area contributed by atoms with Gasteiger partial charge in [0.05, 0.1) is 27.9 Å². The number of rotatable bonds is 7. The van der Waals surface area contributed by atoms with Crippen molar-refractivity contribution in [1.82, 2.24) is 4.90 Å². The molecule has 1 aliphatic rings. The Morgan fingerprint density at radius 3 is 2.06 bits per heavy atom. The lowest BCUT2D eigenvalue weighted by atomic mass is 9.91. The number of benzene rings is 3. The summed E-state index contributed by atoms with van der Waals surface area (Å²) in [6.45, 7) is 0.130. The number of carbonyl (C=O) groups is 1. The molecule has 0 saturated carbocycles. The molecule has 3 aromatic rings. The number of methoxy groups -OCH3 is 3. The summed E-state index contributed by atoms with van der Waals surface area (Å²) in [4.78, 5) is 14.3. The van der Waals surface area contributed by atoms with Gasteiger partial charge in [0.15, 0.2) is 6.10 Å². The molecule has 1 aliphatic heterocycles. The average Bonchev–Trinajstić information content (AvgIpc) is 3.10. The fourth-order valence-electron chi connectivity index (χ4n) is 3.89. The minimum absolute atomic E-state index is 0.130. The van der Waals surface area contributed by atoms with Crippen molar-refractivity contribution in [3.8, 4) is 17.2 Å². The van der Waals surface area contributed by atoms with Gasteiger partial charge in [0.25, 0.3) is 0 Å². The quantitative estimate of drug-likeness (QED) is 0.598. The van der Waals surface area contributed by atoms with E-state index in [1.165, 1.54) is 4.90 Å². The van der Waals surface area contributed by atoms with E-state index in [2.05, 4.69) is 0 Å². The summed E-state index contributed by atoms with van der Waals surface area (Å²) < 4.78 is 21.5. The van der Waals surface area contributed by atoms with Crippen LogP contribution >= 0.6 is 0 Å². The van der Waals surface area contributed by atoms with Crippen molar-refractivity contribution >= 4 is 6.09 Å². The molecule has 1 fully saturated rings. The van der Waals surface area contributed by atoms with Gasteiger partial charge in [-0.3, -0.25) is 4.90 Å². The number of hydrogen-bond acceptors (Lipinski definition) is 6.